The van der Waals surface area contributed by atoms with Gasteiger partial charge in [-0.3, -0.25) is 4.79 Å². The molecule has 3 atom stereocenters. The van der Waals surface area contributed by atoms with Gasteiger partial charge < -0.3 is 14.6 Å². The number of hydrogen-bond donors (Lipinski definition) is 1. The number of carbonyl (C=O) groups excluding carboxylic acids is 1. The lowest BCUT2D eigenvalue weighted by atomic mass is 9.85. The van der Waals surface area contributed by atoms with E-state index in [4.69, 9.17) is 4.42 Å². The van der Waals surface area contributed by atoms with Crippen LogP contribution in [0.3, 0.4) is 0 Å². The third-order valence-corrected chi connectivity index (χ3v) is 6.83. The normalized spacial score (nSPS) is 27.3. The average molecular weight is 447 g/mol. The summed E-state index contributed by atoms with van der Waals surface area (Å²) >= 11 is 4.90. The number of benzene rings is 1. The van der Waals surface area contributed by atoms with E-state index in [1.165, 1.54) is 19.3 Å². The highest BCUT2D eigenvalue weighted by molar-refractivity contribution is 9.10. The Morgan fingerprint density at radius 3 is 2.67 bits per heavy atom. The second-order valence-corrected chi connectivity index (χ2v) is 9.08. The number of anilines is 1. The van der Waals surface area contributed by atoms with Crippen LogP contribution in [0, 0.1) is 5.92 Å². The van der Waals surface area contributed by atoms with Gasteiger partial charge in [0, 0.05) is 17.8 Å². The molecule has 6 heteroatoms. The number of hydrogen-bond acceptors (Lipinski definition) is 4. The van der Waals surface area contributed by atoms with Crippen molar-refractivity contribution in [1.29, 1.82) is 0 Å². The minimum Gasteiger partial charge on any atom is -0.450 e. The lowest BCUT2D eigenvalue weighted by Gasteiger charge is -2.39. The second kappa shape index (κ2) is 8.15. The van der Waals surface area contributed by atoms with Crippen LogP contribution in [0.4, 0.5) is 5.69 Å². The van der Waals surface area contributed by atoms with Gasteiger partial charge in [0.2, 0.25) is 0 Å². The summed E-state index contributed by atoms with van der Waals surface area (Å²) in [6, 6.07) is 14.1. The van der Waals surface area contributed by atoms with Gasteiger partial charge in [-0.2, -0.15) is 0 Å². The maximum Gasteiger partial charge on any atom is 0.263 e. The first kappa shape index (κ1) is 18.7. The van der Waals surface area contributed by atoms with Gasteiger partial charge in [0.05, 0.1) is 4.91 Å². The van der Waals surface area contributed by atoms with Crippen LogP contribution < -0.4 is 5.32 Å². The standard InChI is InChI=1S/C21H23BrN2O2S/c1-14-7-5-6-10-17(14)24-20(25)18(13-16-11-12-19(22)26-16)27-21(24)23-15-8-3-2-4-9-15/h2-4,8-9,11-14,17,21,23H,5-7,10H2,1H3/b18-13-/t14-,17-,21?/m0/s1. The number of carbonyl (C=O) groups is 1. The number of furan rings is 1. The minimum atomic E-state index is -0.102. The van der Waals surface area contributed by atoms with Crippen molar-refractivity contribution in [2.45, 2.75) is 44.1 Å². The molecule has 1 saturated heterocycles. The molecule has 1 saturated carbocycles. The van der Waals surface area contributed by atoms with Crippen LogP contribution in [0.15, 0.2) is 56.5 Å². The fourth-order valence-electron chi connectivity index (χ4n) is 3.90. The predicted molar refractivity (Wildman–Crippen MR) is 114 cm³/mol. The zero-order chi connectivity index (χ0) is 18.8. The minimum absolute atomic E-state index is 0.0969. The molecule has 4 nitrogen and oxygen atoms in total. The third kappa shape index (κ3) is 4.11. The van der Waals surface area contributed by atoms with Gasteiger partial charge in [-0.1, -0.05) is 49.7 Å². The van der Waals surface area contributed by atoms with Gasteiger partial charge in [-0.15, -0.1) is 0 Å². The summed E-state index contributed by atoms with van der Waals surface area (Å²) in [5, 5.41) is 3.55. The fraction of sp³-hybridized carbons (Fsp3) is 0.381. The van der Waals surface area contributed by atoms with Crippen molar-refractivity contribution in [1.82, 2.24) is 4.90 Å². The Hall–Kier alpha value is -1.66. The molecule has 1 amide bonds. The average Bonchev–Trinajstić information content (AvgIpc) is 3.20. The molecule has 1 aliphatic heterocycles. The molecule has 1 aliphatic carbocycles. The monoisotopic (exact) mass is 446 g/mol. The van der Waals surface area contributed by atoms with Crippen LogP contribution in [0.25, 0.3) is 6.08 Å². The second-order valence-electron chi connectivity index (χ2n) is 7.17. The first-order valence-electron chi connectivity index (χ1n) is 9.40. The van der Waals surface area contributed by atoms with E-state index in [1.54, 1.807) is 11.8 Å². The Bertz CT molecular complexity index is 836. The van der Waals surface area contributed by atoms with E-state index >= 15 is 0 Å². The summed E-state index contributed by atoms with van der Waals surface area (Å²) in [6.45, 7) is 2.27. The molecular formula is C21H23BrN2O2S. The van der Waals surface area contributed by atoms with E-state index in [0.717, 1.165) is 17.0 Å². The van der Waals surface area contributed by atoms with Gasteiger partial charge >= 0.3 is 0 Å². The number of thioether (sulfide) groups is 1. The van der Waals surface area contributed by atoms with E-state index in [9.17, 15) is 4.79 Å². The lowest BCUT2D eigenvalue weighted by Crippen LogP contribution is -2.48. The van der Waals surface area contributed by atoms with Crippen molar-refractivity contribution in [3.63, 3.8) is 0 Å². The SMILES string of the molecule is C[C@H]1CCCC[C@@H]1N1C(=O)/C(=C/c2ccc(Br)o2)SC1Nc1ccccc1. The molecule has 1 unspecified atom stereocenters. The number of halogens is 1. The van der Waals surface area contributed by atoms with Crippen molar-refractivity contribution < 1.29 is 9.21 Å². The maximum absolute atomic E-state index is 13.3. The highest BCUT2D eigenvalue weighted by Gasteiger charge is 2.43. The van der Waals surface area contributed by atoms with Crippen molar-refractivity contribution >= 4 is 45.4 Å². The van der Waals surface area contributed by atoms with Gasteiger partial charge in [0.15, 0.2) is 10.2 Å². The first-order valence-corrected chi connectivity index (χ1v) is 11.1. The van der Waals surface area contributed by atoms with E-state index in [2.05, 4.69) is 33.1 Å². The summed E-state index contributed by atoms with van der Waals surface area (Å²) in [5.41, 5.74) is 0.924. The molecule has 0 bridgehead atoms. The highest BCUT2D eigenvalue weighted by atomic mass is 79.9. The largest absolute Gasteiger partial charge is 0.450 e. The number of rotatable bonds is 4. The molecule has 0 spiro atoms. The van der Waals surface area contributed by atoms with Crippen LogP contribution >= 0.6 is 27.7 Å². The third-order valence-electron chi connectivity index (χ3n) is 5.29. The molecule has 1 N–H and O–H groups in total. The fourth-order valence-corrected chi connectivity index (χ4v) is 5.41. The summed E-state index contributed by atoms with van der Waals surface area (Å²) < 4.78 is 6.25. The van der Waals surface area contributed by atoms with E-state index < -0.39 is 0 Å². The molecule has 1 aromatic carbocycles. The number of amides is 1. The van der Waals surface area contributed by atoms with Gasteiger partial charge in [0.1, 0.15) is 5.76 Å². The summed E-state index contributed by atoms with van der Waals surface area (Å²) in [7, 11) is 0. The molecule has 1 aromatic heterocycles. The van der Waals surface area contributed by atoms with E-state index in [1.807, 2.05) is 48.5 Å². The summed E-state index contributed by atoms with van der Waals surface area (Å²) in [4.78, 5) is 16.1. The van der Waals surface area contributed by atoms with Crippen LogP contribution in [0.2, 0.25) is 0 Å². The smallest absolute Gasteiger partial charge is 0.263 e. The molecule has 2 fully saturated rings. The van der Waals surface area contributed by atoms with Crippen molar-refractivity contribution in [2.75, 3.05) is 5.32 Å². The first-order chi connectivity index (χ1) is 13.1. The van der Waals surface area contributed by atoms with Crippen LogP contribution in [0.5, 0.6) is 0 Å². The molecule has 0 radical (unpaired) electrons. The molecule has 2 aromatic rings. The van der Waals surface area contributed by atoms with E-state index in [-0.39, 0.29) is 17.4 Å². The predicted octanol–water partition coefficient (Wildman–Crippen LogP) is 5.93. The Morgan fingerprint density at radius 1 is 1.19 bits per heavy atom. The van der Waals surface area contributed by atoms with Crippen LogP contribution in [-0.4, -0.2) is 22.3 Å². The quantitative estimate of drug-likeness (QED) is 0.590. The molecule has 27 heavy (non-hydrogen) atoms. The zero-order valence-corrected chi connectivity index (χ0v) is 17.6. The van der Waals surface area contributed by atoms with Crippen molar-refractivity contribution in [3.05, 3.63) is 57.8 Å². The Balaban J connectivity index is 1.63. The topological polar surface area (TPSA) is 45.5 Å². The number of para-hydroxylation sites is 1. The highest BCUT2D eigenvalue weighted by Crippen LogP contribution is 2.42. The Kier molecular flexibility index (Phi) is 5.64. The van der Waals surface area contributed by atoms with E-state index in [0.29, 0.717) is 16.3 Å². The summed E-state index contributed by atoms with van der Waals surface area (Å²) in [5.74, 6) is 1.30. The molecule has 142 valence electrons. The number of nitrogens with zero attached hydrogens (tertiary/aromatic N) is 1. The lowest BCUT2D eigenvalue weighted by molar-refractivity contribution is -0.129. The van der Waals surface area contributed by atoms with Crippen LogP contribution in [-0.2, 0) is 4.79 Å². The van der Waals surface area contributed by atoms with Crippen LogP contribution in [0.1, 0.15) is 38.4 Å². The molecule has 2 heterocycles. The maximum atomic E-state index is 13.3. The summed E-state index contributed by atoms with van der Waals surface area (Å²) in [6.07, 6.45) is 6.55. The molecular weight excluding hydrogens is 424 g/mol. The van der Waals surface area contributed by atoms with Gasteiger partial charge in [-0.05, 0) is 59.0 Å². The van der Waals surface area contributed by atoms with Crippen molar-refractivity contribution in [2.24, 2.45) is 5.92 Å². The molecule has 4 rings (SSSR count). The number of nitrogens with one attached hydrogen (secondary N) is 1. The van der Waals surface area contributed by atoms with Crippen molar-refractivity contribution in [3.8, 4) is 0 Å². The van der Waals surface area contributed by atoms with Gasteiger partial charge in [0.25, 0.3) is 5.91 Å². The Labute approximate surface area is 172 Å². The molecule has 2 aliphatic rings. The Morgan fingerprint density at radius 2 is 1.96 bits per heavy atom. The zero-order valence-electron chi connectivity index (χ0n) is 15.2. The van der Waals surface area contributed by atoms with Gasteiger partial charge in [-0.25, -0.2) is 0 Å².